The number of aromatic nitrogens is 2. The molecular weight excluding hydrogens is 282 g/mol. The van der Waals surface area contributed by atoms with Gasteiger partial charge in [0.1, 0.15) is 0 Å². The molecule has 3 nitrogen and oxygen atoms in total. The van der Waals surface area contributed by atoms with Crippen LogP contribution in [0.1, 0.15) is 16.8 Å². The van der Waals surface area contributed by atoms with Gasteiger partial charge in [-0.25, -0.2) is 0 Å². The highest BCUT2D eigenvalue weighted by atomic mass is 14.8. The lowest BCUT2D eigenvalue weighted by molar-refractivity contribution is 1.31. The summed E-state index contributed by atoms with van der Waals surface area (Å²) in [6.45, 7) is 0. The van der Waals surface area contributed by atoms with Gasteiger partial charge in [-0.15, -0.1) is 0 Å². The van der Waals surface area contributed by atoms with Crippen molar-refractivity contribution in [3.05, 3.63) is 77.6 Å². The van der Waals surface area contributed by atoms with Crippen LogP contribution in [-0.2, 0) is 0 Å². The number of hydrogen-bond acceptors (Lipinski definition) is 2. The monoisotopic (exact) mass is 295 g/mol. The van der Waals surface area contributed by atoms with Crippen LogP contribution in [-0.4, -0.2) is 9.97 Å². The fourth-order valence-corrected chi connectivity index (χ4v) is 2.77. The standard InChI is InChI=1S/C20H13N3/c21-13-15-7-5-14(6-8-15)9-10-19-20-17(11-12-22-19)16-3-1-2-4-18(16)23-20/h1-12,23H. The number of fused-ring (bicyclic) bond motifs is 3. The van der Waals surface area contributed by atoms with Crippen molar-refractivity contribution in [1.82, 2.24) is 9.97 Å². The van der Waals surface area contributed by atoms with Gasteiger partial charge < -0.3 is 4.98 Å². The lowest BCUT2D eigenvalue weighted by Crippen LogP contribution is -1.82. The third-order valence-corrected chi connectivity index (χ3v) is 3.93. The van der Waals surface area contributed by atoms with Crippen LogP contribution in [0.4, 0.5) is 0 Å². The number of nitrogens with zero attached hydrogens (tertiary/aromatic N) is 2. The topological polar surface area (TPSA) is 52.5 Å². The Labute approximate surface area is 133 Å². The first kappa shape index (κ1) is 13.3. The van der Waals surface area contributed by atoms with Gasteiger partial charge in [-0.3, -0.25) is 4.98 Å². The van der Waals surface area contributed by atoms with Crippen molar-refractivity contribution in [3.63, 3.8) is 0 Å². The molecule has 2 heterocycles. The summed E-state index contributed by atoms with van der Waals surface area (Å²) in [6, 6.07) is 19.9. The Kier molecular flexibility index (Phi) is 3.14. The first-order valence-electron chi connectivity index (χ1n) is 7.39. The molecule has 0 aliphatic heterocycles. The molecule has 0 atom stereocenters. The van der Waals surface area contributed by atoms with Crippen LogP contribution in [0, 0.1) is 11.3 Å². The van der Waals surface area contributed by atoms with E-state index in [9.17, 15) is 0 Å². The molecule has 2 aromatic carbocycles. The highest BCUT2D eigenvalue weighted by Crippen LogP contribution is 2.27. The Morgan fingerprint density at radius 2 is 1.74 bits per heavy atom. The zero-order valence-electron chi connectivity index (χ0n) is 12.3. The second-order valence-corrected chi connectivity index (χ2v) is 5.36. The molecule has 1 N–H and O–H groups in total. The Morgan fingerprint density at radius 3 is 2.57 bits per heavy atom. The maximum absolute atomic E-state index is 8.84. The fourth-order valence-electron chi connectivity index (χ4n) is 2.77. The summed E-state index contributed by atoms with van der Waals surface area (Å²) in [5.74, 6) is 0. The average Bonchev–Trinajstić information content (AvgIpc) is 3.00. The molecule has 0 amide bonds. The quantitative estimate of drug-likeness (QED) is 0.579. The SMILES string of the molecule is N#Cc1ccc(C=Cc2nccc3c2[nH]c2ccccc23)cc1. The van der Waals surface area contributed by atoms with Gasteiger partial charge in [-0.2, -0.15) is 5.26 Å². The summed E-state index contributed by atoms with van der Waals surface area (Å²) in [5.41, 5.74) is 4.77. The summed E-state index contributed by atoms with van der Waals surface area (Å²) >= 11 is 0. The summed E-state index contributed by atoms with van der Waals surface area (Å²) in [7, 11) is 0. The highest BCUT2D eigenvalue weighted by molar-refractivity contribution is 6.09. The van der Waals surface area contributed by atoms with Crippen molar-refractivity contribution < 1.29 is 0 Å². The van der Waals surface area contributed by atoms with Crippen molar-refractivity contribution in [2.24, 2.45) is 0 Å². The van der Waals surface area contributed by atoms with E-state index in [1.54, 1.807) is 0 Å². The van der Waals surface area contributed by atoms with Gasteiger partial charge in [-0.05, 0) is 35.9 Å². The molecule has 2 aromatic heterocycles. The molecule has 4 aromatic rings. The van der Waals surface area contributed by atoms with Gasteiger partial charge >= 0.3 is 0 Å². The van der Waals surface area contributed by atoms with Crippen LogP contribution < -0.4 is 0 Å². The molecule has 0 bridgehead atoms. The second kappa shape index (κ2) is 5.43. The van der Waals surface area contributed by atoms with Gasteiger partial charge in [-0.1, -0.05) is 36.4 Å². The predicted octanol–water partition coefficient (Wildman–Crippen LogP) is 4.76. The largest absolute Gasteiger partial charge is 0.353 e. The van der Waals surface area contributed by atoms with E-state index in [4.69, 9.17) is 5.26 Å². The molecule has 0 saturated carbocycles. The zero-order chi connectivity index (χ0) is 15.6. The minimum absolute atomic E-state index is 0.665. The third kappa shape index (κ3) is 2.37. The Morgan fingerprint density at radius 1 is 0.913 bits per heavy atom. The number of rotatable bonds is 2. The van der Waals surface area contributed by atoms with Crippen molar-refractivity contribution in [3.8, 4) is 6.07 Å². The van der Waals surface area contributed by atoms with E-state index < -0.39 is 0 Å². The van der Waals surface area contributed by atoms with E-state index in [0.29, 0.717) is 5.56 Å². The lowest BCUT2D eigenvalue weighted by atomic mass is 10.1. The summed E-state index contributed by atoms with van der Waals surface area (Å²) in [5, 5.41) is 11.2. The molecule has 0 fully saturated rings. The van der Waals surface area contributed by atoms with Crippen molar-refractivity contribution >= 4 is 34.0 Å². The third-order valence-electron chi connectivity index (χ3n) is 3.93. The predicted molar refractivity (Wildman–Crippen MR) is 93.7 cm³/mol. The molecule has 4 rings (SSSR count). The summed E-state index contributed by atoms with van der Waals surface area (Å²) < 4.78 is 0. The number of nitriles is 1. The Balaban J connectivity index is 1.79. The molecule has 0 spiro atoms. The van der Waals surface area contributed by atoms with E-state index in [1.165, 1.54) is 10.8 Å². The smallest absolute Gasteiger partial charge is 0.0991 e. The van der Waals surface area contributed by atoms with Gasteiger partial charge in [0.15, 0.2) is 0 Å². The van der Waals surface area contributed by atoms with Crippen molar-refractivity contribution in [2.75, 3.05) is 0 Å². The van der Waals surface area contributed by atoms with Crippen LogP contribution in [0.2, 0.25) is 0 Å². The fraction of sp³-hybridized carbons (Fsp3) is 0. The lowest BCUT2D eigenvalue weighted by Gasteiger charge is -1.97. The minimum Gasteiger partial charge on any atom is -0.353 e. The summed E-state index contributed by atoms with van der Waals surface area (Å²) in [4.78, 5) is 7.92. The number of benzene rings is 2. The van der Waals surface area contributed by atoms with Gasteiger partial charge in [0, 0.05) is 22.5 Å². The van der Waals surface area contributed by atoms with Crippen molar-refractivity contribution in [1.29, 1.82) is 5.26 Å². The van der Waals surface area contributed by atoms with Crippen LogP contribution in [0.3, 0.4) is 0 Å². The Bertz CT molecular complexity index is 1060. The molecule has 108 valence electrons. The second-order valence-electron chi connectivity index (χ2n) is 5.36. The van der Waals surface area contributed by atoms with E-state index >= 15 is 0 Å². The first-order valence-corrected chi connectivity index (χ1v) is 7.39. The maximum Gasteiger partial charge on any atom is 0.0991 e. The van der Waals surface area contributed by atoms with Crippen LogP contribution >= 0.6 is 0 Å². The van der Waals surface area contributed by atoms with E-state index in [-0.39, 0.29) is 0 Å². The number of H-pyrrole nitrogens is 1. The van der Waals surface area contributed by atoms with Gasteiger partial charge in [0.05, 0.1) is 22.8 Å². The molecule has 0 unspecified atom stereocenters. The van der Waals surface area contributed by atoms with E-state index in [0.717, 1.165) is 22.3 Å². The highest BCUT2D eigenvalue weighted by Gasteiger charge is 2.06. The summed E-state index contributed by atoms with van der Waals surface area (Å²) in [6.07, 6.45) is 5.84. The first-order chi connectivity index (χ1) is 11.3. The molecule has 23 heavy (non-hydrogen) atoms. The normalized spacial score (nSPS) is 11.3. The molecule has 0 aliphatic rings. The number of hydrogen-bond donors (Lipinski definition) is 1. The number of aromatic amines is 1. The van der Waals surface area contributed by atoms with Crippen LogP contribution in [0.15, 0.2) is 60.8 Å². The zero-order valence-corrected chi connectivity index (χ0v) is 12.3. The van der Waals surface area contributed by atoms with Crippen LogP contribution in [0.25, 0.3) is 34.0 Å². The molecule has 0 radical (unpaired) electrons. The average molecular weight is 295 g/mol. The number of para-hydroxylation sites is 1. The minimum atomic E-state index is 0.665. The molecule has 3 heteroatoms. The number of nitrogens with one attached hydrogen (secondary N) is 1. The Hall–Kier alpha value is -3.38. The van der Waals surface area contributed by atoms with Gasteiger partial charge in [0.2, 0.25) is 0 Å². The maximum atomic E-state index is 8.84. The van der Waals surface area contributed by atoms with E-state index in [1.807, 2.05) is 60.8 Å². The van der Waals surface area contributed by atoms with Crippen LogP contribution in [0.5, 0.6) is 0 Å². The van der Waals surface area contributed by atoms with E-state index in [2.05, 4.69) is 28.2 Å². The molecule has 0 aliphatic carbocycles. The van der Waals surface area contributed by atoms with Crippen molar-refractivity contribution in [2.45, 2.75) is 0 Å². The van der Waals surface area contributed by atoms with Gasteiger partial charge in [0.25, 0.3) is 0 Å². The number of pyridine rings is 1. The molecule has 0 saturated heterocycles. The molecular formula is C20H13N3.